The molecule has 4 nitrogen and oxygen atoms in total. The molecule has 0 spiro atoms. The highest BCUT2D eigenvalue weighted by molar-refractivity contribution is 6.43. The zero-order chi connectivity index (χ0) is 15.0. The second-order valence-electron chi connectivity index (χ2n) is 5.91. The predicted molar refractivity (Wildman–Crippen MR) is 83.8 cm³/mol. The van der Waals surface area contributed by atoms with Crippen LogP contribution >= 0.6 is 23.2 Å². The van der Waals surface area contributed by atoms with Crippen LogP contribution in [0.4, 0.5) is 5.69 Å². The number of fused-ring (bicyclic) bond motifs is 1. The molecule has 0 radical (unpaired) electrons. The predicted octanol–water partition coefficient (Wildman–Crippen LogP) is 2.63. The van der Waals surface area contributed by atoms with Gasteiger partial charge in [-0.2, -0.15) is 0 Å². The van der Waals surface area contributed by atoms with Gasteiger partial charge in [-0.25, -0.2) is 0 Å². The second-order valence-corrected chi connectivity index (χ2v) is 6.70. The minimum atomic E-state index is -0.203. The molecule has 1 amide bonds. The Morgan fingerprint density at radius 3 is 2.90 bits per heavy atom. The Kier molecular flexibility index (Phi) is 4.41. The molecule has 1 aliphatic heterocycles. The number of hydrogen-bond acceptors (Lipinski definition) is 3. The fourth-order valence-electron chi connectivity index (χ4n) is 3.45. The largest absolute Gasteiger partial charge is 0.393 e. The zero-order valence-corrected chi connectivity index (χ0v) is 13.1. The minimum absolute atomic E-state index is 0.103. The smallest absolute Gasteiger partial charge is 0.238 e. The van der Waals surface area contributed by atoms with Crippen LogP contribution in [-0.2, 0) is 4.79 Å². The van der Waals surface area contributed by atoms with Gasteiger partial charge < -0.3 is 10.4 Å². The number of likely N-dealkylation sites (tertiary alicyclic amines) is 1. The van der Waals surface area contributed by atoms with Crippen molar-refractivity contribution >= 4 is 34.8 Å². The third-order valence-electron chi connectivity index (χ3n) is 4.49. The molecule has 1 saturated heterocycles. The van der Waals surface area contributed by atoms with Crippen molar-refractivity contribution < 1.29 is 9.90 Å². The molecular weight excluding hydrogens is 311 g/mol. The number of anilines is 1. The number of nitrogens with zero attached hydrogens (tertiary/aromatic N) is 1. The molecule has 2 fully saturated rings. The quantitative estimate of drug-likeness (QED) is 0.896. The molecule has 1 saturated carbocycles. The molecule has 0 aromatic heterocycles. The van der Waals surface area contributed by atoms with Crippen LogP contribution in [0.5, 0.6) is 0 Å². The molecule has 2 aliphatic rings. The Labute approximate surface area is 134 Å². The maximum atomic E-state index is 12.1. The first-order valence-corrected chi connectivity index (χ1v) is 7.94. The van der Waals surface area contributed by atoms with Gasteiger partial charge in [0.2, 0.25) is 5.91 Å². The zero-order valence-electron chi connectivity index (χ0n) is 11.6. The Balaban J connectivity index is 1.57. The number of aliphatic hydroxyl groups is 1. The van der Waals surface area contributed by atoms with Gasteiger partial charge in [0, 0.05) is 19.0 Å². The van der Waals surface area contributed by atoms with Gasteiger partial charge in [-0.1, -0.05) is 29.3 Å². The molecule has 1 aliphatic carbocycles. The summed E-state index contributed by atoms with van der Waals surface area (Å²) in [5.74, 6) is 0.753. The first-order chi connectivity index (χ1) is 10.0. The molecule has 3 rings (SSSR count). The van der Waals surface area contributed by atoms with E-state index in [1.165, 1.54) is 0 Å². The number of benzene rings is 1. The summed E-state index contributed by atoms with van der Waals surface area (Å²) in [6.45, 7) is 2.00. The number of aliphatic hydroxyl groups excluding tert-OH is 1. The fourth-order valence-corrected chi connectivity index (χ4v) is 3.80. The average molecular weight is 329 g/mol. The van der Waals surface area contributed by atoms with Crippen molar-refractivity contribution in [2.75, 3.05) is 25.0 Å². The molecular formula is C15H18Cl2N2O2. The molecule has 0 bridgehead atoms. The van der Waals surface area contributed by atoms with E-state index in [2.05, 4.69) is 10.2 Å². The summed E-state index contributed by atoms with van der Waals surface area (Å²) in [6.07, 6.45) is 1.75. The highest BCUT2D eigenvalue weighted by atomic mass is 35.5. The minimum Gasteiger partial charge on any atom is -0.393 e. The number of rotatable bonds is 3. The Hall–Kier alpha value is -0.810. The Morgan fingerprint density at radius 2 is 2.14 bits per heavy atom. The molecule has 114 valence electrons. The second kappa shape index (κ2) is 6.13. The SMILES string of the molecule is O=C(CN1CC2CCC(O)C2C1)Nc1cccc(Cl)c1Cl. The topological polar surface area (TPSA) is 52.6 Å². The molecule has 1 aromatic rings. The number of nitrogens with one attached hydrogen (secondary N) is 1. The molecule has 21 heavy (non-hydrogen) atoms. The van der Waals surface area contributed by atoms with Crippen molar-refractivity contribution in [1.82, 2.24) is 4.90 Å². The van der Waals surface area contributed by atoms with Crippen molar-refractivity contribution in [2.45, 2.75) is 18.9 Å². The number of amides is 1. The highest BCUT2D eigenvalue weighted by Gasteiger charge is 2.42. The van der Waals surface area contributed by atoms with E-state index in [1.807, 2.05) is 0 Å². The number of carbonyl (C=O) groups is 1. The lowest BCUT2D eigenvalue weighted by Gasteiger charge is -2.17. The van der Waals surface area contributed by atoms with E-state index in [0.717, 1.165) is 25.9 Å². The molecule has 6 heteroatoms. The van der Waals surface area contributed by atoms with E-state index in [4.69, 9.17) is 23.2 Å². The molecule has 2 N–H and O–H groups in total. The summed E-state index contributed by atoms with van der Waals surface area (Å²) in [5, 5.41) is 13.5. The van der Waals surface area contributed by atoms with Gasteiger partial charge >= 0.3 is 0 Å². The molecule has 3 unspecified atom stereocenters. The average Bonchev–Trinajstić information content (AvgIpc) is 2.97. The summed E-state index contributed by atoms with van der Waals surface area (Å²) in [4.78, 5) is 14.2. The van der Waals surface area contributed by atoms with E-state index in [0.29, 0.717) is 34.1 Å². The van der Waals surface area contributed by atoms with E-state index in [9.17, 15) is 9.90 Å². The van der Waals surface area contributed by atoms with E-state index < -0.39 is 0 Å². The van der Waals surface area contributed by atoms with Gasteiger partial charge in [0.25, 0.3) is 0 Å². The van der Waals surface area contributed by atoms with E-state index in [1.54, 1.807) is 18.2 Å². The summed E-state index contributed by atoms with van der Waals surface area (Å²) in [7, 11) is 0. The third kappa shape index (κ3) is 3.19. The van der Waals surface area contributed by atoms with Crippen molar-refractivity contribution in [2.24, 2.45) is 11.8 Å². The van der Waals surface area contributed by atoms with Crippen LogP contribution in [0, 0.1) is 11.8 Å². The first kappa shape index (κ1) is 15.1. The van der Waals surface area contributed by atoms with Crippen molar-refractivity contribution in [3.63, 3.8) is 0 Å². The van der Waals surface area contributed by atoms with E-state index in [-0.39, 0.29) is 12.0 Å². The van der Waals surface area contributed by atoms with E-state index >= 15 is 0 Å². The van der Waals surface area contributed by atoms with Gasteiger partial charge in [0.05, 0.1) is 28.4 Å². The lowest BCUT2D eigenvalue weighted by atomic mass is 10.00. The van der Waals surface area contributed by atoms with Crippen LogP contribution in [0.3, 0.4) is 0 Å². The number of carbonyl (C=O) groups excluding carboxylic acids is 1. The standard InChI is InChI=1S/C15H18Cl2N2O2/c16-11-2-1-3-12(15(11)17)18-14(21)8-19-6-9-4-5-13(20)10(9)7-19/h1-3,9-10,13,20H,4-8H2,(H,18,21). The summed E-state index contributed by atoms with van der Waals surface area (Å²) in [6, 6.07) is 5.16. The fraction of sp³-hybridized carbons (Fsp3) is 0.533. The first-order valence-electron chi connectivity index (χ1n) is 7.19. The van der Waals surface area contributed by atoms with Crippen molar-refractivity contribution in [3.05, 3.63) is 28.2 Å². The van der Waals surface area contributed by atoms with Crippen LogP contribution < -0.4 is 5.32 Å². The molecule has 3 atom stereocenters. The van der Waals surface area contributed by atoms with Gasteiger partial charge in [-0.15, -0.1) is 0 Å². The Morgan fingerprint density at radius 1 is 1.33 bits per heavy atom. The maximum absolute atomic E-state index is 12.1. The van der Waals surface area contributed by atoms with Gasteiger partial charge in [0.15, 0.2) is 0 Å². The van der Waals surface area contributed by atoms with Crippen LogP contribution in [-0.4, -0.2) is 41.7 Å². The maximum Gasteiger partial charge on any atom is 0.238 e. The molecule has 1 aromatic carbocycles. The molecule has 1 heterocycles. The van der Waals surface area contributed by atoms with Gasteiger partial charge in [0.1, 0.15) is 0 Å². The van der Waals surface area contributed by atoms with Crippen molar-refractivity contribution in [3.8, 4) is 0 Å². The summed E-state index contributed by atoms with van der Waals surface area (Å²) in [5.41, 5.74) is 0.536. The lowest BCUT2D eigenvalue weighted by molar-refractivity contribution is -0.117. The third-order valence-corrected chi connectivity index (χ3v) is 5.31. The number of halogens is 2. The summed E-state index contributed by atoms with van der Waals surface area (Å²) < 4.78 is 0. The van der Waals surface area contributed by atoms with Crippen LogP contribution in [0.15, 0.2) is 18.2 Å². The van der Waals surface area contributed by atoms with Crippen LogP contribution in [0.2, 0.25) is 10.0 Å². The van der Waals surface area contributed by atoms with Gasteiger partial charge in [-0.3, -0.25) is 9.69 Å². The Bertz CT molecular complexity index is 552. The van der Waals surface area contributed by atoms with Crippen molar-refractivity contribution in [1.29, 1.82) is 0 Å². The van der Waals surface area contributed by atoms with Gasteiger partial charge in [-0.05, 0) is 30.9 Å². The summed E-state index contributed by atoms with van der Waals surface area (Å²) >= 11 is 12.0. The van der Waals surface area contributed by atoms with Crippen LogP contribution in [0.1, 0.15) is 12.8 Å². The monoisotopic (exact) mass is 328 g/mol. The number of hydrogen-bond donors (Lipinski definition) is 2. The van der Waals surface area contributed by atoms with Crippen LogP contribution in [0.25, 0.3) is 0 Å². The lowest BCUT2D eigenvalue weighted by Crippen LogP contribution is -2.33. The highest BCUT2D eigenvalue weighted by Crippen LogP contribution is 2.38. The normalized spacial score (nSPS) is 28.6.